The van der Waals surface area contributed by atoms with Gasteiger partial charge in [0.15, 0.2) is 0 Å². The van der Waals surface area contributed by atoms with Gasteiger partial charge in [-0.3, -0.25) is 14.3 Å². The molecule has 35 heavy (non-hydrogen) atoms. The molecule has 0 radical (unpaired) electrons. The third kappa shape index (κ3) is 4.51. The molecule has 0 aliphatic carbocycles. The summed E-state index contributed by atoms with van der Waals surface area (Å²) < 4.78 is 8.41. The van der Waals surface area contributed by atoms with Crippen LogP contribution in [-0.4, -0.2) is 45.7 Å². The molecule has 0 saturated carbocycles. The Morgan fingerprint density at radius 1 is 1.11 bits per heavy atom. The van der Waals surface area contributed by atoms with E-state index in [4.69, 9.17) is 10.5 Å². The van der Waals surface area contributed by atoms with E-state index in [1.807, 2.05) is 27.9 Å². The summed E-state index contributed by atoms with van der Waals surface area (Å²) >= 11 is 0. The molecule has 2 amide bonds. The topological polar surface area (TPSA) is 115 Å². The highest BCUT2D eigenvalue weighted by atomic mass is 16.5. The first-order chi connectivity index (χ1) is 16.9. The smallest absolute Gasteiger partial charge is 0.250 e. The first-order valence-corrected chi connectivity index (χ1v) is 12.1. The lowest BCUT2D eigenvalue weighted by Gasteiger charge is -2.35. The number of carbonyl (C=O) groups is 2. The van der Waals surface area contributed by atoms with Gasteiger partial charge >= 0.3 is 0 Å². The Balaban J connectivity index is 1.58. The first-order valence-electron chi connectivity index (χ1n) is 12.1. The van der Waals surface area contributed by atoms with Crippen LogP contribution in [0.4, 0.5) is 5.69 Å². The van der Waals surface area contributed by atoms with E-state index < -0.39 is 5.91 Å². The largest absolute Gasteiger partial charge is 0.438 e. The minimum absolute atomic E-state index is 0.000173. The SMILES string of the molecule is CC(=O)N1c2ccc(-c3cnn(C4CCNCC4)c3)c(Oc3ccc(C(N)=O)cn3)c2CC[C@@H]1C. The van der Waals surface area contributed by atoms with E-state index in [1.54, 1.807) is 19.1 Å². The number of hydrogen-bond acceptors (Lipinski definition) is 6. The van der Waals surface area contributed by atoms with E-state index in [-0.39, 0.29) is 11.9 Å². The summed E-state index contributed by atoms with van der Waals surface area (Å²) in [6.07, 6.45) is 9.02. The number of ether oxygens (including phenoxy) is 1. The Hall–Kier alpha value is -3.72. The predicted octanol–water partition coefficient (Wildman–Crippen LogP) is 3.45. The van der Waals surface area contributed by atoms with Crippen molar-refractivity contribution in [1.29, 1.82) is 0 Å². The molecule has 3 N–H and O–H groups in total. The Morgan fingerprint density at radius 3 is 2.60 bits per heavy atom. The van der Waals surface area contributed by atoms with Crippen molar-refractivity contribution in [2.24, 2.45) is 5.73 Å². The fraction of sp³-hybridized carbons (Fsp3) is 0.385. The highest BCUT2D eigenvalue weighted by Crippen LogP contribution is 2.44. The molecule has 0 bridgehead atoms. The predicted molar refractivity (Wildman–Crippen MR) is 133 cm³/mol. The molecule has 1 saturated heterocycles. The van der Waals surface area contributed by atoms with Crippen LogP contribution >= 0.6 is 0 Å². The van der Waals surface area contributed by atoms with E-state index in [0.717, 1.165) is 61.2 Å². The van der Waals surface area contributed by atoms with Crippen LogP contribution in [0.1, 0.15) is 55.1 Å². The molecule has 0 unspecified atom stereocenters. The molecule has 2 aromatic heterocycles. The van der Waals surface area contributed by atoms with Crippen LogP contribution in [0.5, 0.6) is 11.6 Å². The van der Waals surface area contributed by atoms with Crippen LogP contribution in [0.2, 0.25) is 0 Å². The van der Waals surface area contributed by atoms with Gasteiger partial charge in [0.2, 0.25) is 17.7 Å². The summed E-state index contributed by atoms with van der Waals surface area (Å²) in [4.78, 5) is 30.1. The maximum absolute atomic E-state index is 12.5. The lowest BCUT2D eigenvalue weighted by molar-refractivity contribution is -0.117. The number of nitrogens with two attached hydrogens (primary N) is 1. The van der Waals surface area contributed by atoms with Crippen molar-refractivity contribution in [2.75, 3.05) is 18.0 Å². The number of nitrogens with one attached hydrogen (secondary N) is 1. The number of benzene rings is 1. The molecule has 0 spiro atoms. The van der Waals surface area contributed by atoms with Crippen molar-refractivity contribution in [3.63, 3.8) is 0 Å². The lowest BCUT2D eigenvalue weighted by Crippen LogP contribution is -2.40. The molecule has 2 aliphatic heterocycles. The molecule has 2 aliphatic rings. The number of piperidine rings is 1. The molecule has 9 heteroatoms. The molecule has 182 valence electrons. The number of fused-ring (bicyclic) bond motifs is 1. The van der Waals surface area contributed by atoms with Gasteiger partial charge in [0, 0.05) is 48.1 Å². The molecular formula is C26H30N6O3. The van der Waals surface area contributed by atoms with E-state index >= 15 is 0 Å². The third-order valence-electron chi connectivity index (χ3n) is 6.91. The summed E-state index contributed by atoms with van der Waals surface area (Å²) in [7, 11) is 0. The highest BCUT2D eigenvalue weighted by molar-refractivity contribution is 5.95. The van der Waals surface area contributed by atoms with Gasteiger partial charge in [0.05, 0.1) is 23.5 Å². The third-order valence-corrected chi connectivity index (χ3v) is 6.91. The first kappa shape index (κ1) is 23.0. The molecule has 9 nitrogen and oxygen atoms in total. The average molecular weight is 475 g/mol. The zero-order chi connectivity index (χ0) is 24.5. The maximum Gasteiger partial charge on any atom is 0.250 e. The second kappa shape index (κ2) is 9.50. The minimum atomic E-state index is -0.543. The van der Waals surface area contributed by atoms with E-state index in [2.05, 4.69) is 28.5 Å². The van der Waals surface area contributed by atoms with Gasteiger partial charge in [-0.15, -0.1) is 0 Å². The number of nitrogens with zero attached hydrogens (tertiary/aromatic N) is 4. The summed E-state index contributed by atoms with van der Waals surface area (Å²) in [5.74, 6) is 0.464. The number of carbonyl (C=O) groups excluding carboxylic acids is 2. The van der Waals surface area contributed by atoms with Crippen molar-refractivity contribution in [2.45, 2.75) is 51.6 Å². The number of hydrogen-bond donors (Lipinski definition) is 2. The summed E-state index contributed by atoms with van der Waals surface area (Å²) in [5, 5.41) is 8.06. The molecule has 1 atom stereocenters. The number of primary amides is 1. The monoisotopic (exact) mass is 474 g/mol. The number of anilines is 1. The van der Waals surface area contributed by atoms with Gasteiger partial charge in [-0.25, -0.2) is 4.98 Å². The molecule has 4 heterocycles. The zero-order valence-corrected chi connectivity index (χ0v) is 20.0. The van der Waals surface area contributed by atoms with E-state index in [9.17, 15) is 9.59 Å². The van der Waals surface area contributed by atoms with Gasteiger partial charge < -0.3 is 20.7 Å². The van der Waals surface area contributed by atoms with Crippen molar-refractivity contribution in [1.82, 2.24) is 20.1 Å². The van der Waals surface area contributed by atoms with E-state index in [1.165, 1.54) is 6.20 Å². The van der Waals surface area contributed by atoms with Gasteiger partial charge in [0.1, 0.15) is 5.75 Å². The standard InChI is InChI=1S/C26H30N6O3/c1-16-3-5-22-23(32(16)17(2)33)7-6-21(19-14-30-31(15-19)20-9-11-28-12-10-20)25(22)35-24-8-4-18(13-29-24)26(27)34/h4,6-8,13-16,20,28H,3,5,9-12H2,1-2H3,(H2,27,34)/t16-/m0/s1. The van der Waals surface area contributed by atoms with Crippen LogP contribution in [0, 0.1) is 0 Å². The van der Waals surface area contributed by atoms with Crippen LogP contribution in [0.3, 0.4) is 0 Å². The lowest BCUT2D eigenvalue weighted by atomic mass is 9.92. The van der Waals surface area contributed by atoms with Crippen molar-refractivity contribution in [3.8, 4) is 22.8 Å². The van der Waals surface area contributed by atoms with Crippen molar-refractivity contribution < 1.29 is 14.3 Å². The van der Waals surface area contributed by atoms with Crippen LogP contribution in [-0.2, 0) is 11.2 Å². The fourth-order valence-corrected chi connectivity index (χ4v) is 5.07. The van der Waals surface area contributed by atoms with Gasteiger partial charge in [0.25, 0.3) is 0 Å². The summed E-state index contributed by atoms with van der Waals surface area (Å²) in [6.45, 7) is 5.62. The number of aromatic nitrogens is 3. The molecule has 1 aromatic carbocycles. The van der Waals surface area contributed by atoms with E-state index in [0.29, 0.717) is 23.2 Å². The van der Waals surface area contributed by atoms with Crippen LogP contribution in [0.25, 0.3) is 11.1 Å². The Kier molecular flexibility index (Phi) is 6.25. The number of rotatable bonds is 5. The number of pyridine rings is 1. The Labute approximate surface area is 204 Å². The highest BCUT2D eigenvalue weighted by Gasteiger charge is 2.30. The Bertz CT molecular complexity index is 1250. The second-order valence-electron chi connectivity index (χ2n) is 9.26. The van der Waals surface area contributed by atoms with Gasteiger partial charge in [-0.1, -0.05) is 0 Å². The summed E-state index contributed by atoms with van der Waals surface area (Å²) in [6, 6.07) is 7.69. The summed E-state index contributed by atoms with van der Waals surface area (Å²) in [5.41, 5.74) is 9.33. The van der Waals surface area contributed by atoms with Gasteiger partial charge in [-0.05, 0) is 63.9 Å². The van der Waals surface area contributed by atoms with Gasteiger partial charge in [-0.2, -0.15) is 5.10 Å². The molecular weight excluding hydrogens is 444 g/mol. The quantitative estimate of drug-likeness (QED) is 0.585. The zero-order valence-electron chi connectivity index (χ0n) is 20.0. The van der Waals surface area contributed by atoms with Crippen molar-refractivity contribution in [3.05, 3.63) is 54.0 Å². The normalized spacial score (nSPS) is 18.2. The van der Waals surface area contributed by atoms with Crippen LogP contribution < -0.4 is 20.7 Å². The van der Waals surface area contributed by atoms with Crippen molar-refractivity contribution >= 4 is 17.5 Å². The van der Waals surface area contributed by atoms with Crippen LogP contribution in [0.15, 0.2) is 42.9 Å². The molecule has 5 rings (SSSR count). The molecule has 1 fully saturated rings. The second-order valence-corrected chi connectivity index (χ2v) is 9.26. The fourth-order valence-electron chi connectivity index (χ4n) is 5.07. The minimum Gasteiger partial charge on any atom is -0.438 e. The number of amides is 2. The Morgan fingerprint density at radius 2 is 1.91 bits per heavy atom. The molecule has 3 aromatic rings. The maximum atomic E-state index is 12.5. The average Bonchev–Trinajstić information content (AvgIpc) is 3.35.